The first kappa shape index (κ1) is 18.4. The average molecular weight is 366 g/mol. The monoisotopic (exact) mass is 365 g/mol. The fourth-order valence-corrected chi connectivity index (χ4v) is 2.26. The van der Waals surface area contributed by atoms with E-state index in [9.17, 15) is 14.9 Å². The molecule has 118 valence electrons. The molecule has 22 heavy (non-hydrogen) atoms. The number of rotatable bonds is 5. The predicted octanol–water partition coefficient (Wildman–Crippen LogP) is 3.92. The van der Waals surface area contributed by atoms with E-state index < -0.39 is 17.0 Å². The molecule has 0 aliphatic rings. The van der Waals surface area contributed by atoms with Crippen molar-refractivity contribution in [1.82, 2.24) is 0 Å². The number of Topliss-reactive ketones (excluding diaryl/α,β-unsaturated/α-hetero) is 1. The van der Waals surface area contributed by atoms with Gasteiger partial charge in [-0.1, -0.05) is 28.1 Å². The zero-order valence-corrected chi connectivity index (χ0v) is 14.9. The summed E-state index contributed by atoms with van der Waals surface area (Å²) in [6.07, 6.45) is 0.248. The van der Waals surface area contributed by atoms with Crippen molar-refractivity contribution in [2.45, 2.75) is 51.6 Å². The van der Waals surface area contributed by atoms with E-state index >= 15 is 0 Å². The number of ketones is 1. The molecule has 0 heterocycles. The summed E-state index contributed by atoms with van der Waals surface area (Å²) >= 11 is 3.33. The van der Waals surface area contributed by atoms with Crippen molar-refractivity contribution in [1.29, 1.82) is 5.26 Å². The van der Waals surface area contributed by atoms with Crippen molar-refractivity contribution >= 4 is 27.7 Å². The third kappa shape index (κ3) is 4.67. The second kappa shape index (κ2) is 7.06. The van der Waals surface area contributed by atoms with Gasteiger partial charge in [-0.05, 0) is 51.8 Å². The van der Waals surface area contributed by atoms with E-state index in [2.05, 4.69) is 22.0 Å². The summed E-state index contributed by atoms with van der Waals surface area (Å²) in [5.74, 6) is -0.689. The van der Waals surface area contributed by atoms with E-state index in [0.29, 0.717) is 5.56 Å². The first-order valence-electron chi connectivity index (χ1n) is 7.01. The normalized spacial score (nSPS) is 13.8. The SMILES string of the molecule is CC(=O)CC[C@@](C#N)(C(=O)OC(C)(C)C)c1ccc(Br)cc1. The Bertz CT molecular complexity index is 596. The van der Waals surface area contributed by atoms with Crippen LogP contribution in [0, 0.1) is 11.3 Å². The van der Waals surface area contributed by atoms with Crippen molar-refractivity contribution in [2.75, 3.05) is 0 Å². The molecule has 1 aromatic carbocycles. The molecule has 0 radical (unpaired) electrons. The topological polar surface area (TPSA) is 67.2 Å². The number of nitriles is 1. The number of carbonyl (C=O) groups is 2. The molecule has 1 rings (SSSR count). The fraction of sp³-hybridized carbons (Fsp3) is 0.471. The Morgan fingerprint density at radius 1 is 1.23 bits per heavy atom. The van der Waals surface area contributed by atoms with E-state index in [1.54, 1.807) is 45.0 Å². The smallest absolute Gasteiger partial charge is 0.331 e. The van der Waals surface area contributed by atoms with Gasteiger partial charge in [0.05, 0.1) is 6.07 Å². The molecule has 4 nitrogen and oxygen atoms in total. The summed E-state index contributed by atoms with van der Waals surface area (Å²) in [5, 5.41) is 9.71. The summed E-state index contributed by atoms with van der Waals surface area (Å²) in [5.41, 5.74) is -1.64. The van der Waals surface area contributed by atoms with Gasteiger partial charge in [0, 0.05) is 10.9 Å². The summed E-state index contributed by atoms with van der Waals surface area (Å²) in [6, 6.07) is 9.03. The molecule has 0 N–H and O–H groups in total. The van der Waals surface area contributed by atoms with Crippen LogP contribution in [0.25, 0.3) is 0 Å². The Kier molecular flexibility index (Phi) is 5.90. The van der Waals surface area contributed by atoms with Crippen molar-refractivity contribution in [3.05, 3.63) is 34.3 Å². The van der Waals surface area contributed by atoms with Gasteiger partial charge in [0.15, 0.2) is 5.41 Å². The van der Waals surface area contributed by atoms with Crippen molar-refractivity contribution in [3.63, 3.8) is 0 Å². The highest BCUT2D eigenvalue weighted by atomic mass is 79.9. The highest BCUT2D eigenvalue weighted by Gasteiger charge is 2.43. The summed E-state index contributed by atoms with van der Waals surface area (Å²) < 4.78 is 6.27. The van der Waals surface area contributed by atoms with Crippen molar-refractivity contribution < 1.29 is 14.3 Å². The number of carbonyl (C=O) groups excluding carboxylic acids is 2. The van der Waals surface area contributed by atoms with Gasteiger partial charge in [-0.25, -0.2) is 4.79 Å². The van der Waals surface area contributed by atoms with Crippen LogP contribution in [0.2, 0.25) is 0 Å². The number of nitrogens with zero attached hydrogens (tertiary/aromatic N) is 1. The Morgan fingerprint density at radius 2 is 1.77 bits per heavy atom. The lowest BCUT2D eigenvalue weighted by atomic mass is 9.77. The molecular weight excluding hydrogens is 346 g/mol. The lowest BCUT2D eigenvalue weighted by Crippen LogP contribution is -2.40. The van der Waals surface area contributed by atoms with Crippen LogP contribution < -0.4 is 0 Å². The minimum absolute atomic E-state index is 0.0692. The van der Waals surface area contributed by atoms with Crippen LogP contribution in [0.15, 0.2) is 28.7 Å². The Labute approximate surface area is 139 Å². The van der Waals surface area contributed by atoms with Crippen LogP contribution in [0.3, 0.4) is 0 Å². The van der Waals surface area contributed by atoms with E-state index in [0.717, 1.165) is 4.47 Å². The summed E-state index contributed by atoms with van der Waals surface area (Å²) in [7, 11) is 0. The van der Waals surface area contributed by atoms with Gasteiger partial charge in [-0.2, -0.15) is 5.26 Å². The van der Waals surface area contributed by atoms with E-state index in [1.807, 2.05) is 0 Å². The largest absolute Gasteiger partial charge is 0.459 e. The lowest BCUT2D eigenvalue weighted by Gasteiger charge is -2.29. The average Bonchev–Trinajstić information content (AvgIpc) is 2.39. The maximum atomic E-state index is 12.6. The molecular formula is C17H20BrNO3. The summed E-state index contributed by atoms with van der Waals surface area (Å²) in [4.78, 5) is 24.0. The number of halogens is 1. The van der Waals surface area contributed by atoms with Crippen molar-refractivity contribution in [2.24, 2.45) is 0 Å². The Hall–Kier alpha value is -1.67. The zero-order valence-electron chi connectivity index (χ0n) is 13.3. The third-order valence-electron chi connectivity index (χ3n) is 3.13. The van der Waals surface area contributed by atoms with Crippen LogP contribution in [0.4, 0.5) is 0 Å². The Balaban J connectivity index is 3.29. The first-order valence-corrected chi connectivity index (χ1v) is 7.80. The van der Waals surface area contributed by atoms with Crippen LogP contribution >= 0.6 is 15.9 Å². The molecule has 5 heteroatoms. The van der Waals surface area contributed by atoms with Crippen LogP contribution in [0.5, 0.6) is 0 Å². The number of ether oxygens (including phenoxy) is 1. The molecule has 0 spiro atoms. The third-order valence-corrected chi connectivity index (χ3v) is 3.66. The maximum absolute atomic E-state index is 12.6. The van der Waals surface area contributed by atoms with Crippen LogP contribution in [0.1, 0.15) is 46.1 Å². The van der Waals surface area contributed by atoms with Gasteiger partial charge in [0.2, 0.25) is 0 Å². The predicted molar refractivity (Wildman–Crippen MR) is 87.2 cm³/mol. The van der Waals surface area contributed by atoms with Gasteiger partial charge >= 0.3 is 5.97 Å². The second-order valence-corrected chi connectivity index (χ2v) is 7.14. The molecule has 0 aliphatic carbocycles. The Morgan fingerprint density at radius 3 is 2.18 bits per heavy atom. The molecule has 0 bridgehead atoms. The molecule has 0 saturated heterocycles. The van der Waals surface area contributed by atoms with Gasteiger partial charge in [-0.3, -0.25) is 0 Å². The van der Waals surface area contributed by atoms with E-state index in [4.69, 9.17) is 4.74 Å². The van der Waals surface area contributed by atoms with E-state index in [-0.39, 0.29) is 18.6 Å². The summed E-state index contributed by atoms with van der Waals surface area (Å²) in [6.45, 7) is 6.69. The van der Waals surface area contributed by atoms with Gasteiger partial charge in [0.25, 0.3) is 0 Å². The highest BCUT2D eigenvalue weighted by molar-refractivity contribution is 9.10. The molecule has 0 saturated carbocycles. The number of hydrogen-bond acceptors (Lipinski definition) is 4. The van der Waals surface area contributed by atoms with Gasteiger partial charge in [-0.15, -0.1) is 0 Å². The molecule has 0 aliphatic heterocycles. The molecule has 1 atom stereocenters. The molecule has 1 aromatic rings. The van der Waals surface area contributed by atoms with E-state index in [1.165, 1.54) is 6.92 Å². The maximum Gasteiger partial charge on any atom is 0.331 e. The molecule has 0 aromatic heterocycles. The minimum Gasteiger partial charge on any atom is -0.459 e. The standard InChI is InChI=1S/C17H20BrNO3/c1-12(20)9-10-17(11-19,15(21)22-16(2,3)4)13-5-7-14(18)8-6-13/h5-8H,9-10H2,1-4H3/t17-/m0/s1. The van der Waals surface area contributed by atoms with Crippen LogP contribution in [-0.2, 0) is 19.7 Å². The zero-order chi connectivity index (χ0) is 17.0. The molecule has 0 fully saturated rings. The number of esters is 1. The van der Waals surface area contributed by atoms with Crippen molar-refractivity contribution in [3.8, 4) is 6.07 Å². The number of benzene rings is 1. The minimum atomic E-state index is -1.47. The second-order valence-electron chi connectivity index (χ2n) is 6.23. The fourth-order valence-electron chi connectivity index (χ4n) is 1.99. The van der Waals surface area contributed by atoms with Gasteiger partial charge in [0.1, 0.15) is 11.4 Å². The quantitative estimate of drug-likeness (QED) is 0.741. The first-order chi connectivity index (χ1) is 10.1. The lowest BCUT2D eigenvalue weighted by molar-refractivity contribution is -0.160. The molecule has 0 unspecified atom stereocenters. The highest BCUT2D eigenvalue weighted by Crippen LogP contribution is 2.33. The number of hydrogen-bond donors (Lipinski definition) is 0. The van der Waals surface area contributed by atoms with Crippen LogP contribution in [-0.4, -0.2) is 17.4 Å². The van der Waals surface area contributed by atoms with Gasteiger partial charge < -0.3 is 9.53 Å². The molecule has 0 amide bonds.